The Kier molecular flexibility index (Phi) is 9.28. The van der Waals surface area contributed by atoms with Gasteiger partial charge in [-0.05, 0) is 68.9 Å². The Morgan fingerprint density at radius 2 is 1.17 bits per heavy atom. The third-order valence-corrected chi connectivity index (χ3v) is 11.5. The summed E-state index contributed by atoms with van der Waals surface area (Å²) >= 11 is 1.66. The minimum Gasteiger partial charge on any atom is -0.319 e. The van der Waals surface area contributed by atoms with Gasteiger partial charge in [0.2, 0.25) is 5.69 Å². The van der Waals surface area contributed by atoms with E-state index in [1.54, 1.807) is 11.8 Å². The first-order valence-electron chi connectivity index (χ1n) is 19.0. The molecule has 6 heteroatoms. The van der Waals surface area contributed by atoms with E-state index in [9.17, 15) is 0 Å². The van der Waals surface area contributed by atoms with Gasteiger partial charge in [0.15, 0.2) is 0 Å². The topological polar surface area (TPSA) is 23.8 Å². The van der Waals surface area contributed by atoms with E-state index in [0.29, 0.717) is 0 Å². The van der Waals surface area contributed by atoms with Crippen LogP contribution in [0.2, 0.25) is 0 Å². The van der Waals surface area contributed by atoms with Gasteiger partial charge in [-0.2, -0.15) is 24.3 Å². The van der Waals surface area contributed by atoms with E-state index < -0.39 is 0 Å². The van der Waals surface area contributed by atoms with Crippen LogP contribution in [0.5, 0.6) is 0 Å². The minimum absolute atomic E-state index is 0. The number of nitrogens with zero attached hydrogens (tertiary/aromatic N) is 4. The summed E-state index contributed by atoms with van der Waals surface area (Å²) in [7, 11) is 0. The van der Waals surface area contributed by atoms with Gasteiger partial charge in [0.25, 0.3) is 5.69 Å². The number of pyridine rings is 1. The van der Waals surface area contributed by atoms with Crippen LogP contribution in [0.3, 0.4) is 0 Å². The Bertz CT molecular complexity index is 3180. The molecule has 8 aromatic carbocycles. The average molecular weight is 940 g/mol. The monoisotopic (exact) mass is 939 g/mol. The third-order valence-electron chi connectivity index (χ3n) is 10.6. The van der Waals surface area contributed by atoms with E-state index in [0.717, 1.165) is 82.4 Å². The van der Waals surface area contributed by atoms with Crippen LogP contribution in [0.1, 0.15) is 0 Å². The van der Waals surface area contributed by atoms with E-state index in [4.69, 9.17) is 4.98 Å². The number of aromatic nitrogens is 2. The Hall–Kier alpha value is -6.61. The molecule has 58 heavy (non-hydrogen) atoms. The van der Waals surface area contributed by atoms with Crippen molar-refractivity contribution in [3.05, 3.63) is 206 Å². The fraction of sp³-hybridized carbons (Fsp3) is 0. The molecule has 1 aliphatic heterocycles. The molecule has 0 saturated heterocycles. The van der Waals surface area contributed by atoms with Crippen molar-refractivity contribution in [2.45, 2.75) is 9.79 Å². The van der Waals surface area contributed by atoms with Crippen LogP contribution in [0.15, 0.2) is 204 Å². The summed E-state index contributed by atoms with van der Waals surface area (Å²) in [6.07, 6.45) is 1.84. The zero-order chi connectivity index (χ0) is 37.7. The standard InChI is InChI=1S/C52H32N4S.Pt/c1-3-15-36(16-4-1)42-24-14-25-43(37-17-5-2-6-18-37)51(42)55-35-54(48-31-28-38-19-7-8-22-44(38)52(48)55)39-20-13-21-40(33-39)57-41-29-30-46-45-23-9-10-26-47(45)56(49(46)34-41)50-27-11-12-32-53-50;/h1-32H;/q;+2. The molecule has 2 aromatic heterocycles. The van der Waals surface area contributed by atoms with Gasteiger partial charge in [0.1, 0.15) is 11.5 Å². The van der Waals surface area contributed by atoms with Crippen molar-refractivity contribution in [3.8, 4) is 28.1 Å². The molecule has 11 rings (SSSR count). The van der Waals surface area contributed by atoms with Crippen molar-refractivity contribution in [1.29, 1.82) is 0 Å². The molecule has 0 atom stereocenters. The smallest absolute Gasteiger partial charge is 0.319 e. The van der Waals surface area contributed by atoms with Crippen LogP contribution in [-0.4, -0.2) is 15.6 Å². The molecular formula is C52H32N4PtS+2. The zero-order valence-electron chi connectivity index (χ0n) is 31.0. The number of hydrogen-bond donors (Lipinski definition) is 0. The number of fused-ring (bicyclic) bond motifs is 6. The van der Waals surface area contributed by atoms with E-state index >= 15 is 0 Å². The van der Waals surface area contributed by atoms with Gasteiger partial charge >= 0.3 is 32.8 Å². The zero-order valence-corrected chi connectivity index (χ0v) is 34.1. The molecule has 0 radical (unpaired) electrons. The fourth-order valence-corrected chi connectivity index (χ4v) is 8.92. The predicted octanol–water partition coefficient (Wildman–Crippen LogP) is 13.3. The molecule has 0 bridgehead atoms. The maximum absolute atomic E-state index is 4.71. The number of para-hydroxylation sites is 2. The summed E-state index contributed by atoms with van der Waals surface area (Å²) in [5, 5.41) is 4.66. The maximum Gasteiger partial charge on any atom is 2.00 e. The summed E-state index contributed by atoms with van der Waals surface area (Å²) in [6.45, 7) is 0. The van der Waals surface area contributed by atoms with Crippen LogP contribution < -0.4 is 9.15 Å². The first-order chi connectivity index (χ1) is 28.3. The Labute approximate surface area is 355 Å². The van der Waals surface area contributed by atoms with Crippen molar-refractivity contribution in [1.82, 2.24) is 18.7 Å². The molecule has 0 amide bonds. The third kappa shape index (κ3) is 6.13. The van der Waals surface area contributed by atoms with E-state index in [-0.39, 0.29) is 21.1 Å². The van der Waals surface area contributed by atoms with Gasteiger partial charge in [0, 0.05) is 17.8 Å². The summed E-state index contributed by atoms with van der Waals surface area (Å²) in [6, 6.07) is 77.5. The normalized spacial score (nSPS) is 12.0. The first kappa shape index (κ1) is 35.8. The van der Waals surface area contributed by atoms with Crippen LogP contribution in [0.4, 0.5) is 22.7 Å². The second-order valence-corrected chi connectivity index (χ2v) is 15.1. The first-order valence-corrected chi connectivity index (χ1v) is 19.8. The van der Waals surface area contributed by atoms with E-state index in [2.05, 4.69) is 202 Å². The van der Waals surface area contributed by atoms with Crippen LogP contribution in [0, 0.1) is 12.1 Å². The second-order valence-electron chi connectivity index (χ2n) is 14.0. The van der Waals surface area contributed by atoms with Gasteiger partial charge in [-0.15, -0.1) is 28.1 Å². The minimum atomic E-state index is 0. The van der Waals surface area contributed by atoms with Crippen molar-refractivity contribution in [3.63, 3.8) is 0 Å². The Balaban J connectivity index is 0.00000408. The second kappa shape index (κ2) is 15.0. The predicted molar refractivity (Wildman–Crippen MR) is 236 cm³/mol. The molecule has 3 heterocycles. The molecule has 10 aromatic rings. The quantitative estimate of drug-likeness (QED) is 0.117. The molecule has 0 fully saturated rings. The van der Waals surface area contributed by atoms with Gasteiger partial charge in [-0.3, -0.25) is 0 Å². The van der Waals surface area contributed by atoms with Crippen molar-refractivity contribution >= 4 is 73.1 Å². The molecule has 0 aliphatic carbocycles. The van der Waals surface area contributed by atoms with Gasteiger partial charge in [-0.1, -0.05) is 136 Å². The molecule has 0 saturated carbocycles. The average Bonchev–Trinajstić information content (AvgIpc) is 3.83. The summed E-state index contributed by atoms with van der Waals surface area (Å²) in [5.41, 5.74) is 10.8. The van der Waals surface area contributed by atoms with E-state index in [1.165, 1.54) is 10.8 Å². The molecule has 0 unspecified atom stereocenters. The molecule has 0 N–H and O–H groups in total. The van der Waals surface area contributed by atoms with Crippen molar-refractivity contribution < 1.29 is 21.1 Å². The van der Waals surface area contributed by atoms with Crippen LogP contribution >= 0.6 is 11.8 Å². The van der Waals surface area contributed by atoms with Crippen molar-refractivity contribution in [2.24, 2.45) is 0 Å². The number of rotatable bonds is 7. The van der Waals surface area contributed by atoms with Crippen LogP contribution in [-0.2, 0) is 21.1 Å². The SMILES string of the molecule is C1=[N+](c2[c-]c(Sc3[c-]c4c(cc3)c3ccccc3n4-c3ccccn3)ccc2)c2ccc3ccccc3c2[N+]=1c1c(-c2ccccc2)cccc1-c1ccccc1.[Pt+2]. The summed E-state index contributed by atoms with van der Waals surface area (Å²) in [5.74, 6) is 0.871. The largest absolute Gasteiger partial charge is 2.00 e. The Morgan fingerprint density at radius 1 is 0.500 bits per heavy atom. The molecular weight excluding hydrogens is 908 g/mol. The van der Waals surface area contributed by atoms with Crippen molar-refractivity contribution in [2.75, 3.05) is 0 Å². The van der Waals surface area contributed by atoms with Gasteiger partial charge < -0.3 is 4.57 Å². The fourth-order valence-electron chi connectivity index (χ4n) is 8.10. The summed E-state index contributed by atoms with van der Waals surface area (Å²) in [4.78, 5) is 6.70. The van der Waals surface area contributed by atoms with Crippen LogP contribution in [0.25, 0.3) is 60.6 Å². The van der Waals surface area contributed by atoms with E-state index in [1.807, 2.05) is 24.4 Å². The molecule has 4 nitrogen and oxygen atoms in total. The van der Waals surface area contributed by atoms with Gasteiger partial charge in [-0.25, -0.2) is 4.98 Å². The maximum atomic E-state index is 4.71. The number of hydrogen-bond acceptors (Lipinski definition) is 2. The Morgan fingerprint density at radius 3 is 1.93 bits per heavy atom. The molecule has 1 aliphatic rings. The van der Waals surface area contributed by atoms with Gasteiger partial charge in [0.05, 0.1) is 16.5 Å². The summed E-state index contributed by atoms with van der Waals surface area (Å²) < 4.78 is 6.64. The number of benzene rings is 8. The molecule has 274 valence electrons. The molecule has 0 spiro atoms.